The van der Waals surface area contributed by atoms with Crippen LogP contribution in [0.15, 0.2) is 46.5 Å². The largest absolute Gasteiger partial charge is 0.367 e. The molecule has 1 atom stereocenters. The highest BCUT2D eigenvalue weighted by Gasteiger charge is 2.41. The molecular weight excluding hydrogens is 480 g/mol. The van der Waals surface area contributed by atoms with Gasteiger partial charge in [0.2, 0.25) is 10.0 Å². The van der Waals surface area contributed by atoms with Crippen LogP contribution in [0.2, 0.25) is 0 Å². The Labute approximate surface area is 208 Å². The zero-order valence-electron chi connectivity index (χ0n) is 20.6. The molecule has 0 bridgehead atoms. The zero-order chi connectivity index (χ0) is 25.2. The molecule has 0 unspecified atom stereocenters. The van der Waals surface area contributed by atoms with Gasteiger partial charge in [-0.3, -0.25) is 14.0 Å². The van der Waals surface area contributed by atoms with E-state index in [1.165, 1.54) is 6.07 Å². The van der Waals surface area contributed by atoms with Crippen molar-refractivity contribution < 1.29 is 8.42 Å². The van der Waals surface area contributed by atoms with E-state index in [1.807, 2.05) is 26.2 Å². The Kier molecular flexibility index (Phi) is 5.25. The highest BCUT2D eigenvalue weighted by molar-refractivity contribution is 7.89. The number of nitrogens with one attached hydrogen (secondary N) is 2. The van der Waals surface area contributed by atoms with E-state index in [0.717, 1.165) is 24.9 Å². The van der Waals surface area contributed by atoms with Crippen molar-refractivity contribution in [2.24, 2.45) is 7.05 Å². The van der Waals surface area contributed by atoms with E-state index < -0.39 is 15.6 Å². The van der Waals surface area contributed by atoms with E-state index in [1.54, 1.807) is 32.2 Å². The zero-order valence-corrected chi connectivity index (χ0v) is 21.4. The number of aromatic nitrogens is 5. The van der Waals surface area contributed by atoms with Gasteiger partial charge in [-0.1, -0.05) is 0 Å². The molecule has 3 aromatic heterocycles. The summed E-state index contributed by atoms with van der Waals surface area (Å²) in [7, 11) is -2.00. The molecule has 4 heterocycles. The minimum Gasteiger partial charge on any atom is -0.367 e. The average Bonchev–Trinajstić information content (AvgIpc) is 3.20. The molecule has 0 amide bonds. The maximum atomic E-state index is 14.0. The lowest BCUT2D eigenvalue weighted by molar-refractivity contribution is 0.485. The highest BCUT2D eigenvalue weighted by Crippen LogP contribution is 2.37. The van der Waals surface area contributed by atoms with Gasteiger partial charge >= 0.3 is 0 Å². The normalized spacial score (nSPS) is 19.9. The summed E-state index contributed by atoms with van der Waals surface area (Å²) in [6.45, 7) is 6.43. The standard InChI is InChI=1S/C24H30N8O3S/c1-16-13-30(9-8-25-16)20-11-18(36(34,35)28-24(2)5-6-24)10-19-22(20)32-21(4-7-26-32)31(23(19)33)15-17-12-27-29(3)14-17/h4,7,10-12,14,16,25,28H,5-6,8-9,13,15H2,1-3H3/t16-/m1/s1. The summed E-state index contributed by atoms with van der Waals surface area (Å²) >= 11 is 0. The summed E-state index contributed by atoms with van der Waals surface area (Å²) in [5, 5.41) is 12.5. The van der Waals surface area contributed by atoms with Crippen LogP contribution >= 0.6 is 0 Å². The molecule has 1 saturated carbocycles. The van der Waals surface area contributed by atoms with Gasteiger partial charge in [0.05, 0.1) is 34.9 Å². The quantitative estimate of drug-likeness (QED) is 0.398. The Bertz CT molecular complexity index is 1650. The first-order valence-electron chi connectivity index (χ1n) is 12.2. The maximum absolute atomic E-state index is 14.0. The molecule has 2 aliphatic rings. The predicted molar refractivity (Wildman–Crippen MR) is 137 cm³/mol. The average molecular weight is 511 g/mol. The van der Waals surface area contributed by atoms with E-state index in [9.17, 15) is 13.2 Å². The number of piperazine rings is 1. The Balaban J connectivity index is 1.61. The van der Waals surface area contributed by atoms with Gasteiger partial charge in [0.25, 0.3) is 5.56 Å². The Morgan fingerprint density at radius 2 is 2.06 bits per heavy atom. The van der Waals surface area contributed by atoms with Gasteiger partial charge in [-0.25, -0.2) is 17.7 Å². The second kappa shape index (κ2) is 8.15. The van der Waals surface area contributed by atoms with Gasteiger partial charge in [-0.05, 0) is 38.8 Å². The van der Waals surface area contributed by atoms with Crippen molar-refractivity contribution in [3.05, 3.63) is 52.7 Å². The number of fused-ring (bicyclic) bond motifs is 3. The number of nitrogens with zero attached hydrogens (tertiary/aromatic N) is 6. The van der Waals surface area contributed by atoms with E-state index >= 15 is 0 Å². The first-order chi connectivity index (χ1) is 17.1. The number of sulfonamides is 1. The summed E-state index contributed by atoms with van der Waals surface area (Å²) in [6.07, 6.45) is 6.84. The lowest BCUT2D eigenvalue weighted by Crippen LogP contribution is -2.49. The molecule has 36 heavy (non-hydrogen) atoms. The predicted octanol–water partition coefficient (Wildman–Crippen LogP) is 1.06. The summed E-state index contributed by atoms with van der Waals surface area (Å²) < 4.78 is 34.8. The van der Waals surface area contributed by atoms with Crippen LogP contribution in [0.3, 0.4) is 0 Å². The number of rotatable bonds is 6. The summed E-state index contributed by atoms with van der Waals surface area (Å²) in [5.41, 5.74) is 2.13. The Morgan fingerprint density at radius 1 is 1.25 bits per heavy atom. The summed E-state index contributed by atoms with van der Waals surface area (Å²) in [6, 6.07) is 5.22. The topological polar surface area (TPSA) is 119 Å². The van der Waals surface area contributed by atoms with Crippen molar-refractivity contribution in [2.45, 2.75) is 49.7 Å². The minimum atomic E-state index is -3.83. The summed E-state index contributed by atoms with van der Waals surface area (Å²) in [5.74, 6) is 0. The fraction of sp³-hybridized carbons (Fsp3) is 0.458. The number of aryl methyl sites for hydroxylation is 1. The van der Waals surface area contributed by atoms with Gasteiger partial charge in [-0.2, -0.15) is 10.2 Å². The van der Waals surface area contributed by atoms with Gasteiger partial charge < -0.3 is 10.2 Å². The van der Waals surface area contributed by atoms with Crippen molar-refractivity contribution in [1.82, 2.24) is 34.0 Å². The molecule has 1 aromatic carbocycles. The molecule has 0 spiro atoms. The van der Waals surface area contributed by atoms with Crippen LogP contribution < -0.4 is 20.5 Å². The molecule has 1 aliphatic carbocycles. The van der Waals surface area contributed by atoms with Gasteiger partial charge in [0, 0.05) is 56.1 Å². The molecule has 6 rings (SSSR count). The van der Waals surface area contributed by atoms with E-state index in [4.69, 9.17) is 0 Å². The molecule has 1 aliphatic heterocycles. The van der Waals surface area contributed by atoms with Crippen LogP contribution in [-0.4, -0.2) is 63.6 Å². The number of hydrogen-bond acceptors (Lipinski definition) is 7. The van der Waals surface area contributed by atoms with Gasteiger partial charge in [0.1, 0.15) is 11.2 Å². The molecule has 190 valence electrons. The Hall–Kier alpha value is -3.22. The van der Waals surface area contributed by atoms with Crippen molar-refractivity contribution in [1.29, 1.82) is 0 Å². The molecule has 1 saturated heterocycles. The smallest absolute Gasteiger partial charge is 0.262 e. The van der Waals surface area contributed by atoms with Crippen LogP contribution in [0.4, 0.5) is 5.69 Å². The summed E-state index contributed by atoms with van der Waals surface area (Å²) in [4.78, 5) is 16.2. The minimum absolute atomic E-state index is 0.0980. The first-order valence-corrected chi connectivity index (χ1v) is 13.7. The lowest BCUT2D eigenvalue weighted by Gasteiger charge is -2.34. The third-order valence-corrected chi connectivity index (χ3v) is 8.77. The van der Waals surface area contributed by atoms with Crippen LogP contribution in [0.25, 0.3) is 16.6 Å². The Morgan fingerprint density at radius 3 is 2.75 bits per heavy atom. The number of hydrogen-bond donors (Lipinski definition) is 2. The molecule has 2 N–H and O–H groups in total. The van der Waals surface area contributed by atoms with Crippen molar-refractivity contribution in [3.63, 3.8) is 0 Å². The SMILES string of the molecule is C[C@@H]1CN(c2cc(S(=O)(=O)NC3(C)CC3)cc3c(=O)n(Cc4cnn(C)c4)c4ccnn4c23)CCN1. The van der Waals surface area contributed by atoms with E-state index in [2.05, 4.69) is 32.1 Å². The van der Waals surface area contributed by atoms with Gasteiger partial charge in [-0.15, -0.1) is 0 Å². The van der Waals surface area contributed by atoms with Crippen LogP contribution in [0.1, 0.15) is 32.3 Å². The molecule has 2 fully saturated rings. The fourth-order valence-corrected chi connectivity index (χ4v) is 6.52. The third kappa shape index (κ3) is 3.98. The second-order valence-corrected chi connectivity index (χ2v) is 12.0. The first kappa shape index (κ1) is 23.2. The highest BCUT2D eigenvalue weighted by atomic mass is 32.2. The lowest BCUT2D eigenvalue weighted by atomic mass is 10.1. The molecular formula is C24H30N8O3S. The number of benzene rings is 1. The molecule has 11 nitrogen and oxygen atoms in total. The fourth-order valence-electron chi connectivity index (χ4n) is 5.01. The number of anilines is 1. The van der Waals surface area contributed by atoms with Crippen LogP contribution in [0, 0.1) is 0 Å². The van der Waals surface area contributed by atoms with Crippen molar-refractivity contribution >= 4 is 32.3 Å². The third-order valence-electron chi connectivity index (χ3n) is 7.15. The molecule has 12 heteroatoms. The van der Waals surface area contributed by atoms with E-state index in [0.29, 0.717) is 41.9 Å². The second-order valence-electron chi connectivity index (χ2n) is 10.3. The molecule has 0 radical (unpaired) electrons. The van der Waals surface area contributed by atoms with E-state index in [-0.39, 0.29) is 16.5 Å². The van der Waals surface area contributed by atoms with Crippen LogP contribution in [0.5, 0.6) is 0 Å². The van der Waals surface area contributed by atoms with Crippen molar-refractivity contribution in [3.8, 4) is 0 Å². The van der Waals surface area contributed by atoms with Crippen molar-refractivity contribution in [2.75, 3.05) is 24.5 Å². The maximum Gasteiger partial charge on any atom is 0.262 e. The molecule has 4 aromatic rings. The van der Waals surface area contributed by atoms with Gasteiger partial charge in [0.15, 0.2) is 0 Å². The van der Waals surface area contributed by atoms with Crippen LogP contribution in [-0.2, 0) is 23.6 Å². The monoisotopic (exact) mass is 510 g/mol.